The Labute approximate surface area is 595 Å². The van der Waals surface area contributed by atoms with Gasteiger partial charge in [-0.25, -0.2) is 4.79 Å². The molecule has 2 aliphatic rings. The van der Waals surface area contributed by atoms with E-state index in [1.807, 2.05) is 0 Å². The van der Waals surface area contributed by atoms with Crippen LogP contribution in [0.2, 0.25) is 0 Å². The fourth-order valence-corrected chi connectivity index (χ4v) is 12.8. The first kappa shape index (κ1) is 82.0. The normalized spacial score (nSPS) is 19.7. The highest BCUT2D eigenvalue weighted by Crippen LogP contribution is 2.22. The summed E-state index contributed by atoms with van der Waals surface area (Å²) in [5, 5.41) is 85.9. The molecule has 34 heteroatoms. The van der Waals surface area contributed by atoms with Gasteiger partial charge in [-0.3, -0.25) is 53.8 Å². The number of nitrogens with one attached hydrogen (secondary N) is 16. The Morgan fingerprint density at radius 2 is 1.05 bits per heavy atom. The molecule has 6 rings (SSSR count). The van der Waals surface area contributed by atoms with Crippen LogP contribution >= 0.6 is 21.6 Å². The number of rotatable bonds is 36. The first-order valence-electron chi connectivity index (χ1n) is 34.0. The van der Waals surface area contributed by atoms with E-state index in [9.17, 15) is 63.6 Å². The summed E-state index contributed by atoms with van der Waals surface area (Å²) in [6.45, 7) is 9.10. The molecule has 2 bridgehead atoms. The molecule has 10 atom stereocenters. The second kappa shape index (κ2) is 41.8. The number of carbonyl (C=O) groups is 10. The van der Waals surface area contributed by atoms with Crippen molar-refractivity contribution in [2.45, 2.75) is 150 Å². The lowest BCUT2D eigenvalue weighted by Gasteiger charge is -2.39. The van der Waals surface area contributed by atoms with E-state index in [0.717, 1.165) is 6.92 Å². The van der Waals surface area contributed by atoms with E-state index in [4.69, 9.17) is 11.5 Å². The van der Waals surface area contributed by atoms with Gasteiger partial charge in [-0.15, -0.1) is 0 Å². The molecule has 1 aromatic heterocycles. The van der Waals surface area contributed by atoms with Crippen molar-refractivity contribution in [2.24, 2.45) is 11.5 Å². The van der Waals surface area contributed by atoms with E-state index in [1.54, 1.807) is 67.0 Å². The maximum absolute atomic E-state index is 15.1. The average Bonchev–Trinajstić information content (AvgIpc) is 1.74. The summed E-state index contributed by atoms with van der Waals surface area (Å²) < 4.78 is 0. The van der Waals surface area contributed by atoms with Gasteiger partial charge in [0.1, 0.15) is 53.7 Å². The molecule has 4 aromatic rings. The van der Waals surface area contributed by atoms with Gasteiger partial charge < -0.3 is 106 Å². The van der Waals surface area contributed by atoms with Gasteiger partial charge in [-0.1, -0.05) is 82.3 Å². The van der Waals surface area contributed by atoms with Gasteiger partial charge in [0.25, 0.3) is 0 Å². The summed E-state index contributed by atoms with van der Waals surface area (Å²) in [5.74, 6) is -8.86. The lowest BCUT2D eigenvalue weighted by molar-refractivity contribution is -0.145. The number of hydrogen-bond acceptors (Lipinski definition) is 23. The van der Waals surface area contributed by atoms with Gasteiger partial charge in [0.2, 0.25) is 53.2 Å². The molecule has 4 unspecified atom stereocenters. The number of H-pyrrole nitrogens is 1. The first-order valence-corrected chi connectivity index (χ1v) is 36.7. The number of phenolic OH excluding ortho intramolecular Hbond substituents is 1. The van der Waals surface area contributed by atoms with E-state index < -0.39 is 125 Å². The largest absolute Gasteiger partial charge is 0.508 e. The van der Waals surface area contributed by atoms with Gasteiger partial charge >= 0.3 is 5.97 Å². The highest BCUT2D eigenvalue weighted by molar-refractivity contribution is 8.76. The van der Waals surface area contributed by atoms with E-state index >= 15 is 4.79 Å². The number of phenols is 1. The standard InChI is InChI=1S/C67H102N18O14S2/c1-40(58(91)84-57(42(3)87)65(98)99)77-64(97)56(41(2)86)83-59(92)49(17-10-11-24-68)79-62(95)52(33-45-34-74-48-16-9-8-15-47(45)48)81-61(94)51(32-44-20-22-46(88)23-21-44)80-63(96)53(35-101-100-4)82-60(93)50(31-43-13-6-5-7-14-43)78-54(89)18-12-19-55(90)85-67-38-72-27-25-70-36-66(69,75-29-30-76-67)37-71-26-28-73-39-67/h5-9,13-16,20-23,34,40-42,49-53,56-57,70-76,86-88H,10-12,17-19,24-33,35-39,68-69H2,1-4H3,(H,77,97)(H,78,89)(H,79,95)(H,80,96)(H,81,94)(H,82,93)(H,83,92)(H,84,91)(H,85,90)(H,98,99)/t40-,41?,42?,49-,50+,51-,52+,53-,56?,57?,66?,67?/m0/s1. The van der Waals surface area contributed by atoms with E-state index in [1.165, 1.54) is 59.7 Å². The molecule has 0 saturated carbocycles. The van der Waals surface area contributed by atoms with Crippen molar-refractivity contribution >= 4 is 91.6 Å². The Balaban J connectivity index is 1.21. The number of carbonyl (C=O) groups excluding carboxylic acids is 9. The zero-order valence-corrected chi connectivity index (χ0v) is 59.2. The third-order valence-corrected chi connectivity index (χ3v) is 18.9. The predicted octanol–water partition coefficient (Wildman–Crippen LogP) is -4.01. The molecule has 2 aliphatic heterocycles. The van der Waals surface area contributed by atoms with Gasteiger partial charge in [-0.2, -0.15) is 0 Å². The molecule has 0 aliphatic carbocycles. The maximum atomic E-state index is 15.1. The maximum Gasteiger partial charge on any atom is 0.328 e. The van der Waals surface area contributed by atoms with Gasteiger partial charge in [0.05, 0.1) is 17.9 Å². The number of unbranched alkanes of at least 4 members (excludes halogenated alkanes) is 1. The molecule has 0 radical (unpaired) electrons. The summed E-state index contributed by atoms with van der Waals surface area (Å²) in [4.78, 5) is 143. The number of aromatic nitrogens is 1. The van der Waals surface area contributed by atoms with Crippen molar-refractivity contribution in [3.05, 3.63) is 102 Å². The highest BCUT2D eigenvalue weighted by atomic mass is 33.1. The van der Waals surface area contributed by atoms with Crippen LogP contribution in [0.25, 0.3) is 10.9 Å². The number of hydrogen-bond donors (Lipinski definition) is 22. The Bertz CT molecular complexity index is 3340. The van der Waals surface area contributed by atoms with Crippen molar-refractivity contribution in [3.8, 4) is 5.75 Å². The summed E-state index contributed by atoms with van der Waals surface area (Å²) in [5.41, 5.74) is 13.3. The average molecular weight is 1450 g/mol. The Morgan fingerprint density at radius 1 is 0.535 bits per heavy atom. The van der Waals surface area contributed by atoms with Crippen molar-refractivity contribution < 1.29 is 68.4 Å². The van der Waals surface area contributed by atoms with Crippen molar-refractivity contribution in [3.63, 3.8) is 0 Å². The number of aromatic hydroxyl groups is 1. The molecule has 3 aromatic carbocycles. The van der Waals surface area contributed by atoms with Gasteiger partial charge in [0, 0.05) is 120 Å². The fraction of sp³-hybridized carbons (Fsp3) is 0.552. The molecule has 101 heavy (non-hydrogen) atoms. The highest BCUT2D eigenvalue weighted by Gasteiger charge is 2.38. The second-order valence-corrected chi connectivity index (χ2v) is 28.1. The Hall–Kier alpha value is -8.00. The van der Waals surface area contributed by atoms with E-state index in [0.29, 0.717) is 99.5 Å². The number of benzene rings is 3. The second-order valence-electron chi connectivity index (χ2n) is 25.4. The van der Waals surface area contributed by atoms with Crippen LogP contribution in [0.4, 0.5) is 0 Å². The van der Waals surface area contributed by atoms with Crippen LogP contribution in [0, 0.1) is 0 Å². The minimum Gasteiger partial charge on any atom is -0.508 e. The number of carboxylic acid groups (broad SMARTS) is 1. The summed E-state index contributed by atoms with van der Waals surface area (Å²) in [7, 11) is 2.53. The molecule has 32 nitrogen and oxygen atoms in total. The van der Waals surface area contributed by atoms with Crippen LogP contribution < -0.4 is 91.2 Å². The quantitative estimate of drug-likeness (QED) is 0.0152. The lowest BCUT2D eigenvalue weighted by Crippen LogP contribution is -2.72. The number of aromatic amines is 1. The van der Waals surface area contributed by atoms with Gasteiger partial charge in [-0.05, 0) is 94.1 Å². The number of amides is 9. The smallest absolute Gasteiger partial charge is 0.328 e. The molecule has 3 heterocycles. The van der Waals surface area contributed by atoms with Crippen LogP contribution in [0.1, 0.15) is 76.0 Å². The molecule has 556 valence electrons. The SMILES string of the molecule is CSSC[C@H](NC(=O)[C@@H](Cc1ccccc1)NC(=O)CCCC(=O)NC12CNCCNCC(N)(CNCCNC1)NCCN2)C(=O)N[C@@H](Cc1ccc(O)cc1)C(=O)N[C@H](Cc1c[nH]c2ccccc12)C(=O)N[C@@H](CCCCN)C(=O)NC(C(=O)N[C@@H](C)C(=O)NC(C(=O)O)C(C)O)C(C)O. The van der Waals surface area contributed by atoms with E-state index in [2.05, 4.69) is 84.7 Å². The zero-order chi connectivity index (χ0) is 73.5. The molecule has 9 amide bonds. The van der Waals surface area contributed by atoms with E-state index in [-0.39, 0.29) is 75.3 Å². The van der Waals surface area contributed by atoms with Crippen molar-refractivity contribution in [1.82, 2.24) is 84.7 Å². The zero-order valence-electron chi connectivity index (χ0n) is 57.5. The van der Waals surface area contributed by atoms with Crippen LogP contribution in [0.3, 0.4) is 0 Å². The molecular formula is C67H102N18O14S2. The first-order chi connectivity index (χ1) is 48.3. The number of carboxylic acids is 1. The van der Waals surface area contributed by atoms with Crippen molar-refractivity contribution in [2.75, 3.05) is 84.0 Å². The number of fused-ring (bicyclic) bond motifs is 6. The summed E-state index contributed by atoms with van der Waals surface area (Å²) in [6, 6.07) is 9.99. The van der Waals surface area contributed by atoms with Gasteiger partial charge in [0.15, 0.2) is 6.04 Å². The summed E-state index contributed by atoms with van der Waals surface area (Å²) in [6.07, 6.45) is 0.434. The fourth-order valence-electron chi connectivity index (χ4n) is 11.4. The number of para-hydroxylation sites is 1. The minimum atomic E-state index is -1.74. The Kier molecular flexibility index (Phi) is 33.9. The predicted molar refractivity (Wildman–Crippen MR) is 384 cm³/mol. The molecule has 24 N–H and O–H groups in total. The number of aliphatic carboxylic acids is 1. The van der Waals surface area contributed by atoms with Crippen LogP contribution in [0.5, 0.6) is 5.75 Å². The Morgan fingerprint density at radius 3 is 1.65 bits per heavy atom. The molecule has 0 spiro atoms. The minimum absolute atomic E-state index is 0.00350. The monoisotopic (exact) mass is 1450 g/mol. The number of aliphatic hydroxyl groups is 2. The molecular weight excluding hydrogens is 1340 g/mol. The van der Waals surface area contributed by atoms with Crippen molar-refractivity contribution in [1.29, 1.82) is 0 Å². The molecule has 2 saturated heterocycles. The third kappa shape index (κ3) is 27.4. The van der Waals surface area contributed by atoms with Crippen LogP contribution in [-0.4, -0.2) is 240 Å². The lowest BCUT2D eigenvalue weighted by atomic mass is 10.0. The van der Waals surface area contributed by atoms with Crippen LogP contribution in [-0.2, 0) is 67.2 Å². The number of aliphatic hydroxyl groups excluding tert-OH is 2. The summed E-state index contributed by atoms with van der Waals surface area (Å²) >= 11 is 0. The molecule has 2 fully saturated rings. The topological polar surface area (TPSA) is 500 Å². The number of nitrogens with two attached hydrogens (primary N) is 2. The van der Waals surface area contributed by atoms with Crippen LogP contribution in [0.15, 0.2) is 85.1 Å². The third-order valence-electron chi connectivity index (χ3n) is 17.0.